The van der Waals surface area contributed by atoms with Crippen molar-refractivity contribution in [3.8, 4) is 0 Å². The van der Waals surface area contributed by atoms with Crippen LogP contribution in [0.1, 0.15) is 6.42 Å². The predicted octanol–water partition coefficient (Wildman–Crippen LogP) is -3.30. The summed E-state index contributed by atoms with van der Waals surface area (Å²) < 4.78 is 30.5. The minimum absolute atomic E-state index is 0.0381. The number of ether oxygens (including phenoxy) is 1. The Hall–Kier alpha value is -0.330. The van der Waals surface area contributed by atoms with Crippen LogP contribution in [-0.2, 0) is 14.8 Å². The van der Waals surface area contributed by atoms with Gasteiger partial charge < -0.3 is 30.5 Å². The summed E-state index contributed by atoms with van der Waals surface area (Å²) >= 11 is 0. The van der Waals surface area contributed by atoms with Crippen molar-refractivity contribution in [1.82, 2.24) is 9.62 Å². The van der Waals surface area contributed by atoms with Crippen LogP contribution >= 0.6 is 0 Å². The van der Waals surface area contributed by atoms with Crippen LogP contribution in [0.15, 0.2) is 0 Å². The molecule has 9 nitrogen and oxygen atoms in total. The van der Waals surface area contributed by atoms with Gasteiger partial charge in [0.05, 0.1) is 31.2 Å². The van der Waals surface area contributed by atoms with Gasteiger partial charge in [-0.15, -0.1) is 0 Å². The molecule has 1 aliphatic heterocycles. The molecule has 0 aromatic heterocycles. The highest BCUT2D eigenvalue weighted by Gasteiger charge is 2.25. The van der Waals surface area contributed by atoms with Crippen LogP contribution in [0.5, 0.6) is 0 Å². The van der Waals surface area contributed by atoms with Crippen LogP contribution < -0.4 is 5.32 Å². The van der Waals surface area contributed by atoms with Gasteiger partial charge in [0.15, 0.2) is 0 Å². The predicted molar refractivity (Wildman–Crippen MR) is 78.8 cm³/mol. The van der Waals surface area contributed by atoms with Gasteiger partial charge in [-0.3, -0.25) is 0 Å². The van der Waals surface area contributed by atoms with Crippen LogP contribution in [0, 0.1) is 0 Å². The number of nitrogens with one attached hydrogen (secondary N) is 1. The Morgan fingerprint density at radius 3 is 2.36 bits per heavy atom. The van der Waals surface area contributed by atoms with Gasteiger partial charge in [-0.05, 0) is 6.42 Å². The minimum atomic E-state index is -3.36. The van der Waals surface area contributed by atoms with Gasteiger partial charge in [-0.1, -0.05) is 0 Å². The molecular formula is C12H26N2O7S. The third-order valence-corrected chi connectivity index (χ3v) is 5.34. The lowest BCUT2D eigenvalue weighted by Gasteiger charge is -2.26. The first-order valence-corrected chi connectivity index (χ1v) is 8.90. The zero-order chi connectivity index (χ0) is 16.6. The number of sulfonamides is 1. The first-order chi connectivity index (χ1) is 10.4. The quantitative estimate of drug-likeness (QED) is 0.260. The first-order valence-electron chi connectivity index (χ1n) is 7.30. The van der Waals surface area contributed by atoms with E-state index < -0.39 is 28.3 Å². The maximum atomic E-state index is 12.0. The molecule has 10 heteroatoms. The van der Waals surface area contributed by atoms with E-state index in [0.717, 1.165) is 0 Å². The summed E-state index contributed by atoms with van der Waals surface area (Å²) in [4.78, 5) is 0. The number of aliphatic hydroxyl groups excluding tert-OH is 4. The maximum Gasteiger partial charge on any atom is 0.215 e. The van der Waals surface area contributed by atoms with Gasteiger partial charge in [0.25, 0.3) is 0 Å². The molecule has 3 atom stereocenters. The fraction of sp³-hybridized carbons (Fsp3) is 1.00. The molecule has 0 aromatic carbocycles. The highest BCUT2D eigenvalue weighted by atomic mass is 32.2. The Bertz CT molecular complexity index is 400. The molecule has 1 fully saturated rings. The molecule has 0 aliphatic carbocycles. The smallest absolute Gasteiger partial charge is 0.215 e. The zero-order valence-electron chi connectivity index (χ0n) is 12.5. The summed E-state index contributed by atoms with van der Waals surface area (Å²) in [7, 11) is -3.36. The highest BCUT2D eigenvalue weighted by molar-refractivity contribution is 7.89. The Balaban J connectivity index is 2.26. The van der Waals surface area contributed by atoms with E-state index in [-0.39, 0.29) is 31.9 Å². The molecule has 0 unspecified atom stereocenters. The summed E-state index contributed by atoms with van der Waals surface area (Å²) in [5, 5.41) is 40.1. The van der Waals surface area contributed by atoms with Crippen molar-refractivity contribution in [2.24, 2.45) is 0 Å². The summed E-state index contributed by atoms with van der Waals surface area (Å²) in [6.45, 7) is 1.24. The summed E-state index contributed by atoms with van der Waals surface area (Å²) in [6, 6.07) is 0. The number of morpholine rings is 1. The van der Waals surface area contributed by atoms with Crippen LogP contribution in [0.4, 0.5) is 0 Å². The van der Waals surface area contributed by atoms with Crippen molar-refractivity contribution in [1.29, 1.82) is 0 Å². The monoisotopic (exact) mass is 342 g/mol. The van der Waals surface area contributed by atoms with E-state index in [1.807, 2.05) is 0 Å². The molecule has 132 valence electrons. The lowest BCUT2D eigenvalue weighted by molar-refractivity contribution is -0.0641. The zero-order valence-corrected chi connectivity index (χ0v) is 13.3. The van der Waals surface area contributed by atoms with Gasteiger partial charge in [-0.25, -0.2) is 8.42 Å². The Morgan fingerprint density at radius 2 is 1.77 bits per heavy atom. The van der Waals surface area contributed by atoms with E-state index in [1.54, 1.807) is 0 Å². The van der Waals surface area contributed by atoms with E-state index in [0.29, 0.717) is 26.3 Å². The van der Waals surface area contributed by atoms with E-state index in [9.17, 15) is 23.7 Å². The van der Waals surface area contributed by atoms with Crippen molar-refractivity contribution < 1.29 is 33.6 Å². The lowest BCUT2D eigenvalue weighted by atomic mass is 10.1. The third-order valence-electron chi connectivity index (χ3n) is 3.47. The Kier molecular flexibility index (Phi) is 8.72. The fourth-order valence-electron chi connectivity index (χ4n) is 2.09. The molecule has 0 amide bonds. The van der Waals surface area contributed by atoms with Gasteiger partial charge in [0.1, 0.15) is 6.10 Å². The van der Waals surface area contributed by atoms with Gasteiger partial charge >= 0.3 is 0 Å². The highest BCUT2D eigenvalue weighted by Crippen LogP contribution is 2.06. The topological polar surface area (TPSA) is 140 Å². The molecule has 0 radical (unpaired) electrons. The van der Waals surface area contributed by atoms with Crippen molar-refractivity contribution in [2.75, 3.05) is 51.8 Å². The molecule has 0 bridgehead atoms. The molecular weight excluding hydrogens is 316 g/mol. The first kappa shape index (κ1) is 19.7. The number of nitrogens with zero attached hydrogens (tertiary/aromatic N) is 1. The summed E-state index contributed by atoms with van der Waals surface area (Å²) in [5.41, 5.74) is 0. The van der Waals surface area contributed by atoms with E-state index in [2.05, 4.69) is 5.32 Å². The number of aliphatic hydroxyl groups is 4. The van der Waals surface area contributed by atoms with Crippen LogP contribution in [0.25, 0.3) is 0 Å². The summed E-state index contributed by atoms with van der Waals surface area (Å²) in [5.74, 6) is -0.116. The van der Waals surface area contributed by atoms with Gasteiger partial charge in [0.2, 0.25) is 10.0 Å². The molecule has 5 N–H and O–H groups in total. The van der Waals surface area contributed by atoms with E-state index >= 15 is 0 Å². The Labute approximate surface area is 130 Å². The third kappa shape index (κ3) is 6.42. The number of hydrogen-bond donors (Lipinski definition) is 5. The number of rotatable bonds is 10. The standard InChI is InChI=1S/C12H26N2O7S/c15-5-1-10(16)12(18)11(17)9-13-2-8-22(19,20)14-3-6-21-7-4-14/h10-13,15-18H,1-9H2/t10-,11+,12+/m1/s1. The molecule has 1 saturated heterocycles. The average Bonchev–Trinajstić information content (AvgIpc) is 2.51. The second kappa shape index (κ2) is 9.73. The van der Waals surface area contributed by atoms with Crippen LogP contribution in [-0.4, -0.2) is 103 Å². The normalized spacial score (nSPS) is 21.5. The van der Waals surface area contributed by atoms with Gasteiger partial charge in [0, 0.05) is 32.8 Å². The average molecular weight is 342 g/mol. The van der Waals surface area contributed by atoms with Crippen molar-refractivity contribution in [3.63, 3.8) is 0 Å². The Morgan fingerprint density at radius 1 is 1.14 bits per heavy atom. The lowest BCUT2D eigenvalue weighted by Crippen LogP contribution is -2.46. The minimum Gasteiger partial charge on any atom is -0.396 e. The molecule has 1 rings (SSSR count). The number of hydrogen-bond acceptors (Lipinski definition) is 8. The van der Waals surface area contributed by atoms with Crippen molar-refractivity contribution >= 4 is 10.0 Å². The fourth-order valence-corrected chi connectivity index (χ4v) is 3.45. The second-order valence-electron chi connectivity index (χ2n) is 5.17. The van der Waals surface area contributed by atoms with E-state index in [4.69, 9.17) is 9.84 Å². The van der Waals surface area contributed by atoms with Crippen LogP contribution in [0.3, 0.4) is 0 Å². The molecule has 0 saturated carbocycles. The SMILES string of the molecule is O=S(=O)(CCNC[C@H](O)[C@@H](O)[C@H](O)CCO)N1CCOCC1. The molecule has 0 aromatic rings. The van der Waals surface area contributed by atoms with Crippen molar-refractivity contribution in [2.45, 2.75) is 24.7 Å². The molecule has 1 aliphatic rings. The van der Waals surface area contributed by atoms with Crippen LogP contribution in [0.2, 0.25) is 0 Å². The molecule has 1 heterocycles. The largest absolute Gasteiger partial charge is 0.396 e. The second-order valence-corrected chi connectivity index (χ2v) is 7.26. The molecule has 0 spiro atoms. The van der Waals surface area contributed by atoms with Gasteiger partial charge in [-0.2, -0.15) is 4.31 Å². The summed E-state index contributed by atoms with van der Waals surface area (Å²) in [6.07, 6.45) is -3.90. The van der Waals surface area contributed by atoms with Crippen molar-refractivity contribution in [3.05, 3.63) is 0 Å². The van der Waals surface area contributed by atoms with E-state index in [1.165, 1.54) is 4.31 Å². The maximum absolute atomic E-state index is 12.0. The molecule has 22 heavy (non-hydrogen) atoms.